The summed E-state index contributed by atoms with van der Waals surface area (Å²) in [6, 6.07) is 10.1. The molecule has 3 rings (SSSR count). The fourth-order valence-electron chi connectivity index (χ4n) is 2.17. The van der Waals surface area contributed by atoms with E-state index in [0.29, 0.717) is 32.7 Å². The molecule has 3 aromatic rings. The highest BCUT2D eigenvalue weighted by molar-refractivity contribution is 7.71. The van der Waals surface area contributed by atoms with Gasteiger partial charge in [0.05, 0.1) is 18.3 Å². The Balaban J connectivity index is 2.05. The fraction of sp³-hybridized carbons (Fsp3) is 0.0625. The van der Waals surface area contributed by atoms with Crippen molar-refractivity contribution in [3.8, 4) is 22.9 Å². The van der Waals surface area contributed by atoms with Crippen molar-refractivity contribution in [2.45, 2.75) is 0 Å². The van der Waals surface area contributed by atoms with E-state index in [-0.39, 0.29) is 10.5 Å². The molecule has 9 heteroatoms. The molecule has 2 aromatic carbocycles. The third-order valence-corrected chi connectivity index (χ3v) is 4.20. The predicted molar refractivity (Wildman–Crippen MR) is 101 cm³/mol. The minimum absolute atomic E-state index is 0.0187. The molecule has 0 bridgehead atoms. The van der Waals surface area contributed by atoms with Gasteiger partial charge in [-0.15, -0.1) is 0 Å². The number of halogens is 2. The van der Waals surface area contributed by atoms with E-state index < -0.39 is 0 Å². The maximum absolute atomic E-state index is 10.1. The number of benzene rings is 2. The molecule has 0 unspecified atom stereocenters. The van der Waals surface area contributed by atoms with Crippen molar-refractivity contribution in [3.63, 3.8) is 0 Å². The van der Waals surface area contributed by atoms with Gasteiger partial charge in [0.15, 0.2) is 17.3 Å². The van der Waals surface area contributed by atoms with E-state index in [1.807, 2.05) is 0 Å². The van der Waals surface area contributed by atoms with Gasteiger partial charge < -0.3 is 9.84 Å². The maximum Gasteiger partial charge on any atom is 0.216 e. The number of aromatic hydroxyl groups is 1. The number of para-hydroxylation sites is 1. The zero-order chi connectivity index (χ0) is 18.0. The Morgan fingerprint density at radius 3 is 2.84 bits per heavy atom. The first-order chi connectivity index (χ1) is 12.0. The number of nitrogens with one attached hydrogen (secondary N) is 1. The van der Waals surface area contributed by atoms with Gasteiger partial charge in [0.2, 0.25) is 4.77 Å². The zero-order valence-corrected chi connectivity index (χ0v) is 15.2. The van der Waals surface area contributed by atoms with Crippen molar-refractivity contribution < 1.29 is 9.84 Å². The van der Waals surface area contributed by atoms with Crippen molar-refractivity contribution in [2.24, 2.45) is 5.10 Å². The van der Waals surface area contributed by atoms with Crippen LogP contribution in [0.3, 0.4) is 0 Å². The molecule has 0 radical (unpaired) electrons. The Morgan fingerprint density at radius 2 is 2.12 bits per heavy atom. The number of aromatic amines is 1. The second kappa shape index (κ2) is 7.26. The number of aromatic nitrogens is 3. The van der Waals surface area contributed by atoms with Crippen LogP contribution < -0.4 is 4.74 Å². The molecule has 0 aliphatic carbocycles. The number of H-pyrrole nitrogens is 1. The third kappa shape index (κ3) is 3.53. The summed E-state index contributed by atoms with van der Waals surface area (Å²) in [4.78, 5) is 0. The number of hydrogen-bond acceptors (Lipinski definition) is 5. The number of methoxy groups -OCH3 is 1. The van der Waals surface area contributed by atoms with Crippen LogP contribution >= 0.6 is 35.4 Å². The lowest BCUT2D eigenvalue weighted by Crippen LogP contribution is -1.96. The normalized spacial score (nSPS) is 11.2. The molecule has 0 fully saturated rings. The summed E-state index contributed by atoms with van der Waals surface area (Å²) in [7, 11) is 1.47. The van der Waals surface area contributed by atoms with Crippen LogP contribution in [0.1, 0.15) is 5.56 Å². The zero-order valence-electron chi connectivity index (χ0n) is 12.9. The molecule has 0 aliphatic rings. The average Bonchev–Trinajstić information content (AvgIpc) is 2.94. The highest BCUT2D eigenvalue weighted by Gasteiger charge is 2.13. The van der Waals surface area contributed by atoms with E-state index in [2.05, 4.69) is 15.3 Å². The smallest absolute Gasteiger partial charge is 0.216 e. The summed E-state index contributed by atoms with van der Waals surface area (Å²) in [5, 5.41) is 22.2. The Bertz CT molecular complexity index is 1010. The van der Waals surface area contributed by atoms with Gasteiger partial charge >= 0.3 is 0 Å². The van der Waals surface area contributed by atoms with Crippen LogP contribution in [0.4, 0.5) is 0 Å². The molecule has 2 N–H and O–H groups in total. The molecule has 0 amide bonds. The standard InChI is InChI=1S/C16H12Cl2N4O2S/c1-24-13-4-2-3-9(14(13)23)8-19-22-15(20-21-16(22)25)11-6-5-10(17)7-12(11)18/h2-8,23H,1H3,(H,21,25). The predicted octanol–water partition coefficient (Wildman–Crippen LogP) is 4.51. The molecule has 1 aromatic heterocycles. The van der Waals surface area contributed by atoms with Gasteiger partial charge in [0, 0.05) is 16.1 Å². The van der Waals surface area contributed by atoms with Crippen molar-refractivity contribution >= 4 is 41.6 Å². The summed E-state index contributed by atoms with van der Waals surface area (Å²) in [6.07, 6.45) is 1.45. The van der Waals surface area contributed by atoms with Gasteiger partial charge in [-0.05, 0) is 42.5 Å². The molecule has 0 saturated heterocycles. The monoisotopic (exact) mass is 394 g/mol. The van der Waals surface area contributed by atoms with E-state index in [1.165, 1.54) is 18.0 Å². The van der Waals surface area contributed by atoms with Crippen molar-refractivity contribution in [1.82, 2.24) is 14.9 Å². The quantitative estimate of drug-likeness (QED) is 0.504. The molecule has 0 atom stereocenters. The van der Waals surface area contributed by atoms with Crippen LogP contribution in [0.2, 0.25) is 10.0 Å². The van der Waals surface area contributed by atoms with E-state index in [4.69, 9.17) is 40.2 Å². The van der Waals surface area contributed by atoms with Crippen LogP contribution in [0.5, 0.6) is 11.5 Å². The highest BCUT2D eigenvalue weighted by Crippen LogP contribution is 2.30. The van der Waals surface area contributed by atoms with Crippen LogP contribution in [0.15, 0.2) is 41.5 Å². The summed E-state index contributed by atoms with van der Waals surface area (Å²) < 4.78 is 6.76. The first-order valence-corrected chi connectivity index (χ1v) is 8.21. The lowest BCUT2D eigenvalue weighted by Gasteiger charge is -2.06. The van der Waals surface area contributed by atoms with E-state index in [9.17, 15) is 5.11 Å². The first kappa shape index (κ1) is 17.5. The fourth-order valence-corrected chi connectivity index (χ4v) is 2.84. The second-order valence-electron chi connectivity index (χ2n) is 4.93. The minimum atomic E-state index is -0.0187. The Hall–Kier alpha value is -2.35. The number of nitrogens with zero attached hydrogens (tertiary/aromatic N) is 3. The van der Waals surface area contributed by atoms with E-state index >= 15 is 0 Å². The van der Waals surface area contributed by atoms with Crippen LogP contribution in [-0.2, 0) is 0 Å². The van der Waals surface area contributed by atoms with E-state index in [0.717, 1.165) is 0 Å². The lowest BCUT2D eigenvalue weighted by molar-refractivity contribution is 0.373. The van der Waals surface area contributed by atoms with Crippen molar-refractivity contribution in [2.75, 3.05) is 7.11 Å². The summed E-state index contributed by atoms with van der Waals surface area (Å²) >= 11 is 17.4. The summed E-state index contributed by atoms with van der Waals surface area (Å²) in [5.41, 5.74) is 1.08. The molecule has 6 nitrogen and oxygen atoms in total. The molecular weight excluding hydrogens is 383 g/mol. The number of phenols is 1. The van der Waals surface area contributed by atoms with E-state index in [1.54, 1.807) is 36.4 Å². The average molecular weight is 395 g/mol. The van der Waals surface area contributed by atoms with Crippen LogP contribution in [0, 0.1) is 4.77 Å². The number of phenolic OH excluding ortho intramolecular Hbond substituents is 1. The van der Waals surface area contributed by atoms with Gasteiger partial charge in [-0.2, -0.15) is 14.9 Å². The summed E-state index contributed by atoms with van der Waals surface area (Å²) in [6.45, 7) is 0. The van der Waals surface area contributed by atoms with Gasteiger partial charge in [0.25, 0.3) is 0 Å². The highest BCUT2D eigenvalue weighted by atomic mass is 35.5. The third-order valence-electron chi connectivity index (χ3n) is 3.38. The SMILES string of the molecule is COc1cccc(C=Nn2c(-c3ccc(Cl)cc3Cl)n[nH]c2=S)c1O. The Labute approximate surface area is 158 Å². The van der Waals surface area contributed by atoms with Gasteiger partial charge in [-0.1, -0.05) is 29.3 Å². The molecule has 0 aliphatic heterocycles. The topological polar surface area (TPSA) is 75.4 Å². The number of hydrogen-bond donors (Lipinski definition) is 2. The van der Waals surface area contributed by atoms with Gasteiger partial charge in [0.1, 0.15) is 0 Å². The number of ether oxygens (including phenoxy) is 1. The summed E-state index contributed by atoms with van der Waals surface area (Å²) in [5.74, 6) is 0.751. The first-order valence-electron chi connectivity index (χ1n) is 7.04. The Morgan fingerprint density at radius 1 is 1.32 bits per heavy atom. The molecule has 128 valence electrons. The number of rotatable bonds is 4. The van der Waals surface area contributed by atoms with Crippen molar-refractivity contribution in [3.05, 3.63) is 56.8 Å². The van der Waals surface area contributed by atoms with Gasteiger partial charge in [-0.25, -0.2) is 5.10 Å². The lowest BCUT2D eigenvalue weighted by atomic mass is 10.2. The second-order valence-corrected chi connectivity index (χ2v) is 6.16. The molecule has 25 heavy (non-hydrogen) atoms. The molecular formula is C16H12Cl2N4O2S. The maximum atomic E-state index is 10.1. The van der Waals surface area contributed by atoms with Crippen LogP contribution in [0.25, 0.3) is 11.4 Å². The largest absolute Gasteiger partial charge is 0.504 e. The van der Waals surface area contributed by atoms with Gasteiger partial charge in [-0.3, -0.25) is 0 Å². The minimum Gasteiger partial charge on any atom is -0.504 e. The van der Waals surface area contributed by atoms with Crippen LogP contribution in [-0.4, -0.2) is 33.3 Å². The molecule has 0 saturated carbocycles. The van der Waals surface area contributed by atoms with Crippen molar-refractivity contribution in [1.29, 1.82) is 0 Å². The molecule has 0 spiro atoms. The Kier molecular flexibility index (Phi) is 5.08. The molecule has 1 heterocycles.